The maximum atomic E-state index is 9.30. The summed E-state index contributed by atoms with van der Waals surface area (Å²) in [6.45, 7) is 0.0302. The molecule has 3 nitrogen and oxygen atoms in total. The third-order valence-electron chi connectivity index (χ3n) is 3.96. The first-order valence-corrected chi connectivity index (χ1v) is 6.74. The van der Waals surface area contributed by atoms with Crippen LogP contribution in [0.25, 0.3) is 10.8 Å². The van der Waals surface area contributed by atoms with Crippen molar-refractivity contribution >= 4 is 10.8 Å². The molecule has 0 radical (unpaired) electrons. The van der Waals surface area contributed by atoms with Crippen molar-refractivity contribution in [1.82, 2.24) is 0 Å². The molecule has 1 saturated carbocycles. The number of nitrogens with two attached hydrogens (primary N) is 1. The Balaban J connectivity index is 1.83. The van der Waals surface area contributed by atoms with Gasteiger partial charge in [-0.05, 0) is 24.3 Å². The molecular formula is C16H19NO2. The van der Waals surface area contributed by atoms with E-state index in [1.807, 2.05) is 24.3 Å². The Hall–Kier alpha value is -1.58. The van der Waals surface area contributed by atoms with Crippen LogP contribution in [0, 0.1) is 0 Å². The molecule has 1 fully saturated rings. The normalized spacial score (nSPS) is 26.7. The average molecular weight is 257 g/mol. The Kier molecular flexibility index (Phi) is 3.17. The largest absolute Gasteiger partial charge is 0.490 e. The minimum Gasteiger partial charge on any atom is -0.490 e. The summed E-state index contributed by atoms with van der Waals surface area (Å²) in [5.41, 5.74) is 5.62. The minimum atomic E-state index is -0.463. The lowest BCUT2D eigenvalue weighted by Gasteiger charge is -2.21. The number of rotatable bonds is 3. The van der Waals surface area contributed by atoms with Crippen LogP contribution >= 0.6 is 0 Å². The molecule has 2 aromatic rings. The van der Waals surface area contributed by atoms with Gasteiger partial charge in [0, 0.05) is 17.3 Å². The number of ether oxygens (including phenoxy) is 1. The summed E-state index contributed by atoms with van der Waals surface area (Å²) >= 11 is 0. The van der Waals surface area contributed by atoms with Crippen LogP contribution in [0.15, 0.2) is 42.5 Å². The molecule has 0 saturated heterocycles. The van der Waals surface area contributed by atoms with Crippen LogP contribution in [0.3, 0.4) is 0 Å². The summed E-state index contributed by atoms with van der Waals surface area (Å²) in [7, 11) is 0. The summed E-state index contributed by atoms with van der Waals surface area (Å²) in [6, 6.07) is 14.3. The third-order valence-corrected chi connectivity index (χ3v) is 3.96. The van der Waals surface area contributed by atoms with E-state index in [2.05, 4.69) is 18.2 Å². The molecule has 1 aliphatic rings. The highest BCUT2D eigenvalue weighted by atomic mass is 16.5. The van der Waals surface area contributed by atoms with Gasteiger partial charge in [0.2, 0.25) is 0 Å². The van der Waals surface area contributed by atoms with Crippen molar-refractivity contribution in [2.24, 2.45) is 5.73 Å². The van der Waals surface area contributed by atoms with Gasteiger partial charge in [-0.2, -0.15) is 0 Å². The molecule has 0 aliphatic heterocycles. The van der Waals surface area contributed by atoms with E-state index in [0.717, 1.165) is 24.0 Å². The monoisotopic (exact) mass is 257 g/mol. The van der Waals surface area contributed by atoms with Crippen LogP contribution in [-0.2, 0) is 0 Å². The second kappa shape index (κ2) is 4.83. The van der Waals surface area contributed by atoms with Crippen LogP contribution in [-0.4, -0.2) is 23.4 Å². The first-order valence-electron chi connectivity index (χ1n) is 6.74. The van der Waals surface area contributed by atoms with E-state index in [4.69, 9.17) is 10.5 Å². The predicted octanol–water partition coefficient (Wildman–Crippen LogP) is 2.46. The van der Waals surface area contributed by atoms with E-state index in [9.17, 15) is 5.11 Å². The molecule has 2 atom stereocenters. The van der Waals surface area contributed by atoms with Crippen LogP contribution in [0.4, 0.5) is 0 Å². The smallest absolute Gasteiger partial charge is 0.127 e. The van der Waals surface area contributed by atoms with Gasteiger partial charge in [-0.25, -0.2) is 0 Å². The highest BCUT2D eigenvalue weighted by Gasteiger charge is 2.36. The highest BCUT2D eigenvalue weighted by Crippen LogP contribution is 2.33. The molecule has 0 bridgehead atoms. The first kappa shape index (κ1) is 12.5. The highest BCUT2D eigenvalue weighted by molar-refractivity contribution is 5.88. The molecule has 3 N–H and O–H groups in total. The fourth-order valence-electron chi connectivity index (χ4n) is 2.83. The predicted molar refractivity (Wildman–Crippen MR) is 76.2 cm³/mol. The van der Waals surface area contributed by atoms with Gasteiger partial charge < -0.3 is 15.6 Å². The van der Waals surface area contributed by atoms with E-state index in [0.29, 0.717) is 6.42 Å². The molecule has 3 rings (SSSR count). The lowest BCUT2D eigenvalue weighted by molar-refractivity contribution is 0.167. The Bertz CT molecular complexity index is 578. The molecule has 0 spiro atoms. The van der Waals surface area contributed by atoms with Crippen LogP contribution < -0.4 is 10.5 Å². The van der Waals surface area contributed by atoms with E-state index in [1.54, 1.807) is 0 Å². The van der Waals surface area contributed by atoms with Gasteiger partial charge in [-0.3, -0.25) is 0 Å². The van der Waals surface area contributed by atoms with Crippen molar-refractivity contribution in [3.63, 3.8) is 0 Å². The van der Waals surface area contributed by atoms with Crippen molar-refractivity contribution < 1.29 is 9.84 Å². The Morgan fingerprint density at radius 3 is 2.79 bits per heavy atom. The summed E-state index contributed by atoms with van der Waals surface area (Å²) in [5.74, 6) is 0.908. The third kappa shape index (κ3) is 2.44. The van der Waals surface area contributed by atoms with Gasteiger partial charge in [-0.15, -0.1) is 0 Å². The van der Waals surface area contributed by atoms with E-state index >= 15 is 0 Å². The van der Waals surface area contributed by atoms with Crippen molar-refractivity contribution in [3.05, 3.63) is 42.5 Å². The minimum absolute atomic E-state index is 0.0302. The van der Waals surface area contributed by atoms with E-state index in [-0.39, 0.29) is 12.7 Å². The standard InChI is InChI=1S/C16H19NO2/c17-16(11-18)9-8-13(10-16)19-15-7-3-5-12-4-1-2-6-14(12)15/h1-7,13,18H,8-11,17H2. The van der Waals surface area contributed by atoms with Gasteiger partial charge in [0.05, 0.1) is 6.61 Å². The number of hydrogen-bond donors (Lipinski definition) is 2. The molecule has 2 unspecified atom stereocenters. The van der Waals surface area contributed by atoms with Gasteiger partial charge in [-0.1, -0.05) is 36.4 Å². The first-order chi connectivity index (χ1) is 9.20. The molecule has 2 aromatic carbocycles. The molecule has 0 amide bonds. The Labute approximate surface area is 113 Å². The molecular weight excluding hydrogens is 238 g/mol. The number of benzene rings is 2. The lowest BCUT2D eigenvalue weighted by Crippen LogP contribution is -2.41. The summed E-state index contributed by atoms with van der Waals surface area (Å²) in [4.78, 5) is 0. The fourth-order valence-corrected chi connectivity index (χ4v) is 2.83. The van der Waals surface area contributed by atoms with Crippen LogP contribution in [0.5, 0.6) is 5.75 Å². The van der Waals surface area contributed by atoms with Crippen molar-refractivity contribution in [2.75, 3.05) is 6.61 Å². The number of hydrogen-bond acceptors (Lipinski definition) is 3. The van der Waals surface area contributed by atoms with Gasteiger partial charge >= 0.3 is 0 Å². The maximum absolute atomic E-state index is 9.30. The quantitative estimate of drug-likeness (QED) is 0.888. The van der Waals surface area contributed by atoms with Gasteiger partial charge in [0.15, 0.2) is 0 Å². The SMILES string of the molecule is NC1(CO)CCC(Oc2cccc3ccccc23)C1. The Morgan fingerprint density at radius 1 is 1.21 bits per heavy atom. The number of aliphatic hydroxyl groups excluding tert-OH is 1. The number of aliphatic hydroxyl groups is 1. The zero-order valence-electron chi connectivity index (χ0n) is 10.9. The molecule has 3 heteroatoms. The van der Waals surface area contributed by atoms with Crippen LogP contribution in [0.2, 0.25) is 0 Å². The number of fused-ring (bicyclic) bond motifs is 1. The van der Waals surface area contributed by atoms with Crippen molar-refractivity contribution in [2.45, 2.75) is 30.9 Å². The summed E-state index contributed by atoms with van der Waals surface area (Å²) < 4.78 is 6.09. The van der Waals surface area contributed by atoms with Crippen LogP contribution in [0.1, 0.15) is 19.3 Å². The van der Waals surface area contributed by atoms with Gasteiger partial charge in [0.25, 0.3) is 0 Å². The molecule has 100 valence electrons. The zero-order valence-corrected chi connectivity index (χ0v) is 10.9. The molecule has 0 aromatic heterocycles. The fraction of sp³-hybridized carbons (Fsp3) is 0.375. The maximum Gasteiger partial charge on any atom is 0.127 e. The topological polar surface area (TPSA) is 55.5 Å². The van der Waals surface area contributed by atoms with Crippen molar-refractivity contribution in [1.29, 1.82) is 0 Å². The van der Waals surface area contributed by atoms with E-state index in [1.165, 1.54) is 5.39 Å². The Morgan fingerprint density at radius 2 is 2.00 bits per heavy atom. The molecule has 19 heavy (non-hydrogen) atoms. The summed E-state index contributed by atoms with van der Waals surface area (Å²) in [5, 5.41) is 11.6. The molecule has 1 aliphatic carbocycles. The average Bonchev–Trinajstić information content (AvgIpc) is 2.82. The zero-order chi connectivity index (χ0) is 13.3. The second-order valence-corrected chi connectivity index (χ2v) is 5.48. The van der Waals surface area contributed by atoms with Gasteiger partial charge in [0.1, 0.15) is 11.9 Å². The van der Waals surface area contributed by atoms with Crippen molar-refractivity contribution in [3.8, 4) is 5.75 Å². The van der Waals surface area contributed by atoms with E-state index < -0.39 is 5.54 Å². The molecule has 0 heterocycles. The second-order valence-electron chi connectivity index (χ2n) is 5.48. The lowest BCUT2D eigenvalue weighted by atomic mass is 10.0. The summed E-state index contributed by atoms with van der Waals surface area (Å²) in [6.07, 6.45) is 2.54.